The highest BCUT2D eigenvalue weighted by atomic mass is 16.2. The second kappa shape index (κ2) is 12.1. The minimum absolute atomic E-state index is 0.0342. The number of carbonyl (C=O) groups is 2. The molecule has 2 amide bonds. The third-order valence-electron chi connectivity index (χ3n) is 5.60. The lowest BCUT2D eigenvalue weighted by Crippen LogP contribution is -2.35. The van der Waals surface area contributed by atoms with Crippen molar-refractivity contribution in [1.29, 1.82) is 0 Å². The fraction of sp³-hybridized carbons (Fsp3) is 0.440. The van der Waals surface area contributed by atoms with Gasteiger partial charge in [-0.2, -0.15) is 0 Å². The van der Waals surface area contributed by atoms with Gasteiger partial charge in [-0.3, -0.25) is 9.59 Å². The van der Waals surface area contributed by atoms with Gasteiger partial charge in [0.05, 0.1) is 12.5 Å². The van der Waals surface area contributed by atoms with Crippen LogP contribution in [0.15, 0.2) is 60.7 Å². The fourth-order valence-corrected chi connectivity index (χ4v) is 3.92. The zero-order valence-electron chi connectivity index (χ0n) is 17.7. The van der Waals surface area contributed by atoms with E-state index in [9.17, 15) is 9.59 Å². The molecule has 3 rings (SSSR count). The van der Waals surface area contributed by atoms with E-state index in [2.05, 4.69) is 15.5 Å². The lowest BCUT2D eigenvalue weighted by Gasteiger charge is -2.21. The van der Waals surface area contributed by atoms with Crippen LogP contribution in [0.4, 0.5) is 0 Å². The average Bonchev–Trinajstić information content (AvgIpc) is 3.06. The van der Waals surface area contributed by atoms with E-state index >= 15 is 0 Å². The number of carbonyl (C=O) groups excluding carboxylic acids is 2. The molecule has 30 heavy (non-hydrogen) atoms. The number of benzene rings is 2. The van der Waals surface area contributed by atoms with Gasteiger partial charge >= 0.3 is 0 Å². The predicted molar refractivity (Wildman–Crippen MR) is 120 cm³/mol. The number of hydrogen-bond donors (Lipinski definition) is 2. The molecule has 0 saturated carbocycles. The van der Waals surface area contributed by atoms with Crippen LogP contribution in [0.25, 0.3) is 0 Å². The summed E-state index contributed by atoms with van der Waals surface area (Å²) >= 11 is 0. The van der Waals surface area contributed by atoms with Crippen LogP contribution in [0.5, 0.6) is 0 Å². The Bertz CT molecular complexity index is 771. The summed E-state index contributed by atoms with van der Waals surface area (Å²) in [6.07, 6.45) is 6.43. The first-order valence-corrected chi connectivity index (χ1v) is 11.1. The van der Waals surface area contributed by atoms with Gasteiger partial charge in [0.25, 0.3) is 5.91 Å². The van der Waals surface area contributed by atoms with Crippen molar-refractivity contribution in [3.05, 3.63) is 71.8 Å². The van der Waals surface area contributed by atoms with Crippen molar-refractivity contribution in [2.75, 3.05) is 26.2 Å². The average molecular weight is 408 g/mol. The third kappa shape index (κ3) is 7.30. The van der Waals surface area contributed by atoms with Gasteiger partial charge in [0.2, 0.25) is 5.91 Å². The Labute approximate surface area is 179 Å². The lowest BCUT2D eigenvalue weighted by atomic mass is 10.0. The molecule has 0 aromatic heterocycles. The van der Waals surface area contributed by atoms with E-state index in [1.165, 1.54) is 38.8 Å². The molecule has 1 unspecified atom stereocenters. The number of nitrogens with one attached hydrogen (secondary N) is 2. The van der Waals surface area contributed by atoms with E-state index in [1.54, 1.807) is 12.1 Å². The van der Waals surface area contributed by atoms with Crippen LogP contribution in [0.1, 0.15) is 60.5 Å². The van der Waals surface area contributed by atoms with Crippen molar-refractivity contribution < 1.29 is 9.59 Å². The Morgan fingerprint density at radius 3 is 2.17 bits per heavy atom. The van der Waals surface area contributed by atoms with Crippen molar-refractivity contribution in [3.8, 4) is 0 Å². The maximum Gasteiger partial charge on any atom is 0.251 e. The van der Waals surface area contributed by atoms with E-state index < -0.39 is 0 Å². The summed E-state index contributed by atoms with van der Waals surface area (Å²) in [4.78, 5) is 27.7. The van der Waals surface area contributed by atoms with E-state index in [-0.39, 0.29) is 24.3 Å². The van der Waals surface area contributed by atoms with Crippen LogP contribution >= 0.6 is 0 Å². The molecule has 0 aliphatic carbocycles. The van der Waals surface area contributed by atoms with Crippen molar-refractivity contribution in [2.45, 2.75) is 44.6 Å². The Hall–Kier alpha value is -2.66. The maximum atomic E-state index is 12.6. The van der Waals surface area contributed by atoms with Gasteiger partial charge in [-0.25, -0.2) is 0 Å². The Morgan fingerprint density at radius 2 is 1.50 bits per heavy atom. The summed E-state index contributed by atoms with van der Waals surface area (Å²) in [7, 11) is 0. The van der Waals surface area contributed by atoms with Crippen molar-refractivity contribution in [1.82, 2.24) is 15.5 Å². The number of nitrogens with zero attached hydrogens (tertiary/aromatic N) is 1. The van der Waals surface area contributed by atoms with E-state index in [1.807, 2.05) is 48.5 Å². The second-order valence-electron chi connectivity index (χ2n) is 7.97. The van der Waals surface area contributed by atoms with Crippen LogP contribution in [0.2, 0.25) is 0 Å². The van der Waals surface area contributed by atoms with Gasteiger partial charge < -0.3 is 15.5 Å². The second-order valence-corrected chi connectivity index (χ2v) is 7.97. The van der Waals surface area contributed by atoms with Crippen molar-refractivity contribution in [3.63, 3.8) is 0 Å². The van der Waals surface area contributed by atoms with Gasteiger partial charge in [0.1, 0.15) is 0 Å². The normalized spacial score (nSPS) is 15.7. The largest absolute Gasteiger partial charge is 0.356 e. The van der Waals surface area contributed by atoms with Gasteiger partial charge in [-0.05, 0) is 56.6 Å². The number of rotatable bonds is 9. The molecule has 5 heteroatoms. The molecule has 1 heterocycles. The van der Waals surface area contributed by atoms with Crippen LogP contribution in [-0.4, -0.2) is 42.9 Å². The minimum atomic E-state index is -0.357. The number of hydrogen-bond acceptors (Lipinski definition) is 3. The molecule has 1 aliphatic rings. The summed E-state index contributed by atoms with van der Waals surface area (Å²) in [6.45, 7) is 4.06. The van der Waals surface area contributed by atoms with Crippen LogP contribution in [-0.2, 0) is 4.79 Å². The Morgan fingerprint density at radius 1 is 0.867 bits per heavy atom. The SMILES string of the molecule is O=C(CC(NC(=O)c1ccccc1)c1ccccc1)NCCCN1CCCCCC1. The van der Waals surface area contributed by atoms with Gasteiger partial charge in [-0.15, -0.1) is 0 Å². The van der Waals surface area contributed by atoms with Crippen molar-refractivity contribution in [2.24, 2.45) is 0 Å². The molecule has 0 spiro atoms. The van der Waals surface area contributed by atoms with Gasteiger partial charge in [-0.1, -0.05) is 61.4 Å². The molecule has 2 aromatic rings. The zero-order chi connectivity index (χ0) is 21.0. The summed E-state index contributed by atoms with van der Waals surface area (Å²) < 4.78 is 0. The molecule has 0 bridgehead atoms. The predicted octanol–water partition coefficient (Wildman–Crippen LogP) is 3.93. The fourth-order valence-electron chi connectivity index (χ4n) is 3.92. The molecular formula is C25H33N3O2. The Kier molecular flexibility index (Phi) is 8.91. The summed E-state index contributed by atoms with van der Waals surface area (Å²) in [6, 6.07) is 18.4. The molecule has 0 radical (unpaired) electrons. The highest BCUT2D eigenvalue weighted by Gasteiger charge is 2.19. The smallest absolute Gasteiger partial charge is 0.251 e. The van der Waals surface area contributed by atoms with Gasteiger partial charge in [0.15, 0.2) is 0 Å². The van der Waals surface area contributed by atoms with E-state index in [0.717, 1.165) is 18.5 Å². The summed E-state index contributed by atoms with van der Waals surface area (Å²) in [5.74, 6) is -0.202. The van der Waals surface area contributed by atoms with E-state index in [0.29, 0.717) is 12.1 Å². The quantitative estimate of drug-likeness (QED) is 0.619. The van der Waals surface area contributed by atoms with Crippen molar-refractivity contribution >= 4 is 11.8 Å². The molecule has 2 aromatic carbocycles. The van der Waals surface area contributed by atoms with Crippen LogP contribution < -0.4 is 10.6 Å². The monoisotopic (exact) mass is 407 g/mol. The number of likely N-dealkylation sites (tertiary alicyclic amines) is 1. The number of amides is 2. The van der Waals surface area contributed by atoms with Gasteiger partial charge in [0, 0.05) is 12.1 Å². The topological polar surface area (TPSA) is 61.4 Å². The molecule has 1 aliphatic heterocycles. The van der Waals surface area contributed by atoms with Crippen LogP contribution in [0, 0.1) is 0 Å². The lowest BCUT2D eigenvalue weighted by molar-refractivity contribution is -0.121. The molecule has 1 saturated heterocycles. The first-order valence-electron chi connectivity index (χ1n) is 11.1. The highest BCUT2D eigenvalue weighted by molar-refractivity contribution is 5.94. The summed E-state index contributed by atoms with van der Waals surface area (Å²) in [5, 5.41) is 6.06. The molecule has 1 atom stereocenters. The molecule has 160 valence electrons. The van der Waals surface area contributed by atoms with Crippen LogP contribution in [0.3, 0.4) is 0 Å². The minimum Gasteiger partial charge on any atom is -0.356 e. The first-order chi connectivity index (χ1) is 14.7. The molecule has 5 nitrogen and oxygen atoms in total. The molecule has 2 N–H and O–H groups in total. The highest BCUT2D eigenvalue weighted by Crippen LogP contribution is 2.17. The Balaban J connectivity index is 1.49. The molecular weight excluding hydrogens is 374 g/mol. The first kappa shape index (κ1) is 22.0. The maximum absolute atomic E-state index is 12.6. The zero-order valence-corrected chi connectivity index (χ0v) is 17.7. The summed E-state index contributed by atoms with van der Waals surface area (Å²) in [5.41, 5.74) is 1.53. The molecule has 1 fully saturated rings. The third-order valence-corrected chi connectivity index (χ3v) is 5.60. The van der Waals surface area contributed by atoms with E-state index in [4.69, 9.17) is 0 Å². The standard InChI is InChI=1S/C25H33N3O2/c29-24(26-16-11-19-28-17-9-1-2-10-18-28)20-23(21-12-5-3-6-13-21)27-25(30)22-14-7-4-8-15-22/h3-8,12-15,23H,1-2,9-11,16-20H2,(H,26,29)(H,27,30).